The Morgan fingerprint density at radius 2 is 2.00 bits per heavy atom. The van der Waals surface area contributed by atoms with Crippen molar-refractivity contribution in [2.75, 3.05) is 5.73 Å². The Morgan fingerprint density at radius 1 is 1.18 bits per heavy atom. The van der Waals surface area contributed by atoms with Gasteiger partial charge in [-0.1, -0.05) is 0 Å². The third-order valence-corrected chi connectivity index (χ3v) is 2.53. The minimum Gasteiger partial charge on any atom is -0.463 e. The van der Waals surface area contributed by atoms with Gasteiger partial charge in [0.25, 0.3) is 0 Å². The zero-order valence-corrected chi connectivity index (χ0v) is 8.92. The Balaban J connectivity index is 2.20. The third kappa shape index (κ3) is 1.57. The van der Waals surface area contributed by atoms with Crippen LogP contribution in [0, 0.1) is 0 Å². The van der Waals surface area contributed by atoms with E-state index in [-0.39, 0.29) is 0 Å². The van der Waals surface area contributed by atoms with Crippen LogP contribution in [0.1, 0.15) is 0 Å². The normalized spacial score (nSPS) is 10.6. The van der Waals surface area contributed by atoms with E-state index >= 15 is 0 Å². The molecule has 0 saturated carbocycles. The molecule has 0 amide bonds. The van der Waals surface area contributed by atoms with Crippen molar-refractivity contribution in [2.45, 2.75) is 0 Å². The molecule has 0 aromatic carbocycles. The van der Waals surface area contributed by atoms with Crippen LogP contribution < -0.4 is 5.73 Å². The lowest BCUT2D eigenvalue weighted by molar-refractivity contribution is 0.580. The molecule has 0 unspecified atom stereocenters. The fourth-order valence-corrected chi connectivity index (χ4v) is 1.77. The van der Waals surface area contributed by atoms with Crippen LogP contribution >= 0.6 is 0 Å². The van der Waals surface area contributed by atoms with Crippen LogP contribution in [-0.4, -0.2) is 15.2 Å². The van der Waals surface area contributed by atoms with Crippen molar-refractivity contribution in [3.63, 3.8) is 0 Å². The van der Waals surface area contributed by atoms with Crippen molar-refractivity contribution in [1.82, 2.24) is 15.2 Å². The van der Waals surface area contributed by atoms with Crippen LogP contribution in [0.15, 0.2) is 47.3 Å². The largest absolute Gasteiger partial charge is 0.463 e. The summed E-state index contributed by atoms with van der Waals surface area (Å²) in [4.78, 5) is 3.98. The minimum absolute atomic E-state index is 0.447. The molecule has 3 aromatic rings. The van der Waals surface area contributed by atoms with Crippen molar-refractivity contribution in [2.24, 2.45) is 0 Å². The number of anilines is 1. The number of rotatable bonds is 2. The van der Waals surface area contributed by atoms with E-state index in [2.05, 4.69) is 15.2 Å². The number of nitrogens with one attached hydrogen (secondary N) is 1. The summed E-state index contributed by atoms with van der Waals surface area (Å²) in [5.74, 6) is 1.16. The Kier molecular flexibility index (Phi) is 2.15. The van der Waals surface area contributed by atoms with Crippen molar-refractivity contribution in [3.8, 4) is 22.6 Å². The molecule has 5 nitrogen and oxygen atoms in total. The van der Waals surface area contributed by atoms with Gasteiger partial charge in [0.2, 0.25) is 0 Å². The van der Waals surface area contributed by atoms with E-state index in [0.717, 1.165) is 16.8 Å². The average molecular weight is 226 g/mol. The fraction of sp³-hybridized carbons (Fsp3) is 0. The van der Waals surface area contributed by atoms with Gasteiger partial charge in [-0.2, -0.15) is 5.10 Å². The summed E-state index contributed by atoms with van der Waals surface area (Å²) >= 11 is 0. The number of nitrogens with zero attached hydrogens (tertiary/aromatic N) is 2. The van der Waals surface area contributed by atoms with Gasteiger partial charge in [0.15, 0.2) is 11.6 Å². The summed E-state index contributed by atoms with van der Waals surface area (Å²) < 4.78 is 5.35. The summed E-state index contributed by atoms with van der Waals surface area (Å²) in [5, 5.41) is 6.91. The van der Waals surface area contributed by atoms with E-state index in [1.807, 2.05) is 24.3 Å². The molecular formula is C12H10N4O. The number of hydrogen-bond acceptors (Lipinski definition) is 4. The number of H-pyrrole nitrogens is 1. The first-order valence-corrected chi connectivity index (χ1v) is 5.14. The maximum absolute atomic E-state index is 5.88. The molecule has 0 fully saturated rings. The van der Waals surface area contributed by atoms with Crippen molar-refractivity contribution in [3.05, 3.63) is 42.9 Å². The maximum atomic E-state index is 5.88. The summed E-state index contributed by atoms with van der Waals surface area (Å²) in [6, 6.07) is 7.45. The van der Waals surface area contributed by atoms with Gasteiger partial charge in [0.05, 0.1) is 11.8 Å². The topological polar surface area (TPSA) is 80.7 Å². The van der Waals surface area contributed by atoms with Crippen molar-refractivity contribution < 1.29 is 4.42 Å². The first kappa shape index (κ1) is 9.65. The molecule has 17 heavy (non-hydrogen) atoms. The van der Waals surface area contributed by atoms with E-state index in [4.69, 9.17) is 10.2 Å². The summed E-state index contributed by atoms with van der Waals surface area (Å²) in [5.41, 5.74) is 8.44. The lowest BCUT2D eigenvalue weighted by Crippen LogP contribution is -1.88. The van der Waals surface area contributed by atoms with Gasteiger partial charge in [-0.3, -0.25) is 10.1 Å². The predicted molar refractivity (Wildman–Crippen MR) is 63.9 cm³/mol. The van der Waals surface area contributed by atoms with E-state index in [1.54, 1.807) is 18.7 Å². The number of hydrogen-bond donors (Lipinski definition) is 2. The van der Waals surface area contributed by atoms with Crippen molar-refractivity contribution in [1.29, 1.82) is 0 Å². The molecule has 5 heteroatoms. The molecule has 3 rings (SSSR count). The Morgan fingerprint density at radius 3 is 2.71 bits per heavy atom. The summed E-state index contributed by atoms with van der Waals surface area (Å²) in [6.45, 7) is 0. The molecule has 0 atom stereocenters. The number of aromatic amines is 1. The van der Waals surface area contributed by atoms with E-state index in [0.29, 0.717) is 11.6 Å². The van der Waals surface area contributed by atoms with Gasteiger partial charge >= 0.3 is 0 Å². The Hall–Kier alpha value is -2.56. The molecule has 0 radical (unpaired) electrons. The molecule has 0 aliphatic carbocycles. The van der Waals surface area contributed by atoms with Gasteiger partial charge in [-0.05, 0) is 29.8 Å². The number of pyridine rings is 1. The lowest BCUT2D eigenvalue weighted by Gasteiger charge is -2.01. The highest BCUT2D eigenvalue weighted by molar-refractivity contribution is 5.85. The van der Waals surface area contributed by atoms with Crippen LogP contribution in [0.2, 0.25) is 0 Å². The second kappa shape index (κ2) is 3.79. The fourth-order valence-electron chi connectivity index (χ4n) is 1.77. The molecule has 0 aliphatic rings. The number of nitrogen functional groups attached to an aromatic ring is 1. The number of aromatic nitrogens is 3. The zero-order valence-electron chi connectivity index (χ0n) is 8.92. The highest BCUT2D eigenvalue weighted by atomic mass is 16.3. The monoisotopic (exact) mass is 226 g/mol. The average Bonchev–Trinajstić information content (AvgIpc) is 2.98. The molecule has 3 N–H and O–H groups in total. The predicted octanol–water partition coefficient (Wildman–Crippen LogP) is 2.31. The third-order valence-electron chi connectivity index (χ3n) is 2.53. The molecular weight excluding hydrogens is 216 g/mol. The molecule has 0 spiro atoms. The second-order valence-corrected chi connectivity index (χ2v) is 3.57. The SMILES string of the molecule is Nc1n[nH]c(-c2ccco2)c1-c1ccncc1. The smallest absolute Gasteiger partial charge is 0.153 e. The summed E-state index contributed by atoms with van der Waals surface area (Å²) in [6.07, 6.45) is 5.05. The number of furan rings is 1. The van der Waals surface area contributed by atoms with Crippen LogP contribution in [0.25, 0.3) is 22.6 Å². The maximum Gasteiger partial charge on any atom is 0.153 e. The van der Waals surface area contributed by atoms with Crippen LogP contribution in [0.5, 0.6) is 0 Å². The molecule has 0 aliphatic heterocycles. The highest BCUT2D eigenvalue weighted by Gasteiger charge is 2.16. The van der Waals surface area contributed by atoms with Gasteiger partial charge in [-0.15, -0.1) is 0 Å². The van der Waals surface area contributed by atoms with Crippen LogP contribution in [0.3, 0.4) is 0 Å². The Labute approximate surface area is 97.3 Å². The van der Waals surface area contributed by atoms with E-state index in [1.165, 1.54) is 0 Å². The van der Waals surface area contributed by atoms with Crippen LogP contribution in [0.4, 0.5) is 5.82 Å². The number of nitrogens with two attached hydrogens (primary N) is 1. The molecule has 3 heterocycles. The Bertz CT molecular complexity index is 613. The molecule has 3 aromatic heterocycles. The first-order valence-electron chi connectivity index (χ1n) is 5.14. The van der Waals surface area contributed by atoms with E-state index in [9.17, 15) is 0 Å². The molecule has 0 saturated heterocycles. The highest BCUT2D eigenvalue weighted by Crippen LogP contribution is 2.34. The zero-order chi connectivity index (χ0) is 11.7. The van der Waals surface area contributed by atoms with Crippen LogP contribution in [-0.2, 0) is 0 Å². The van der Waals surface area contributed by atoms with Gasteiger partial charge in [-0.25, -0.2) is 0 Å². The summed E-state index contributed by atoms with van der Waals surface area (Å²) in [7, 11) is 0. The van der Waals surface area contributed by atoms with Gasteiger partial charge in [0, 0.05) is 12.4 Å². The quantitative estimate of drug-likeness (QED) is 0.702. The minimum atomic E-state index is 0.447. The molecule has 84 valence electrons. The molecule has 0 bridgehead atoms. The van der Waals surface area contributed by atoms with Gasteiger partial charge in [0.1, 0.15) is 5.69 Å². The van der Waals surface area contributed by atoms with Gasteiger partial charge < -0.3 is 10.2 Å². The van der Waals surface area contributed by atoms with E-state index < -0.39 is 0 Å². The first-order chi connectivity index (χ1) is 8.36. The lowest BCUT2D eigenvalue weighted by atomic mass is 10.1. The standard InChI is InChI=1S/C12H10N4O/c13-12-10(8-3-5-14-6-4-8)11(15-16-12)9-2-1-7-17-9/h1-7H,(H3,13,15,16). The second-order valence-electron chi connectivity index (χ2n) is 3.57. The van der Waals surface area contributed by atoms with Crippen molar-refractivity contribution >= 4 is 5.82 Å².